The summed E-state index contributed by atoms with van der Waals surface area (Å²) in [6.45, 7) is 4.09. The fraction of sp³-hybridized carbons (Fsp3) is 0.367. The summed E-state index contributed by atoms with van der Waals surface area (Å²) in [6.07, 6.45) is -3.54. The predicted octanol–water partition coefficient (Wildman–Crippen LogP) is 7.49. The predicted molar refractivity (Wildman–Crippen MR) is 153 cm³/mol. The van der Waals surface area contributed by atoms with Crippen LogP contribution in [0.1, 0.15) is 41.5 Å². The third-order valence-corrected chi connectivity index (χ3v) is 6.77. The number of hydrogen-bond donors (Lipinski definition) is 0. The molecule has 0 radical (unpaired) electrons. The van der Waals surface area contributed by atoms with Crippen molar-refractivity contribution in [3.63, 3.8) is 0 Å². The van der Waals surface area contributed by atoms with Gasteiger partial charge >= 0.3 is 6.18 Å². The maximum absolute atomic E-state index is 13.4. The molecule has 0 fully saturated rings. The Morgan fingerprint density at radius 2 is 1.69 bits per heavy atom. The Labute approximate surface area is 240 Å². The van der Waals surface area contributed by atoms with Gasteiger partial charge in [-0.3, -0.25) is 9.69 Å². The average molecular weight is 584 g/mol. The van der Waals surface area contributed by atoms with Gasteiger partial charge in [0.25, 0.3) is 0 Å². The van der Waals surface area contributed by atoms with Gasteiger partial charge in [-0.05, 0) is 47.2 Å². The van der Waals surface area contributed by atoms with E-state index in [1.54, 1.807) is 25.1 Å². The molecule has 0 heterocycles. The third kappa shape index (κ3) is 10.1. The second-order valence-electron chi connectivity index (χ2n) is 9.64. The van der Waals surface area contributed by atoms with E-state index in [-0.39, 0.29) is 29.3 Å². The second-order valence-corrected chi connectivity index (χ2v) is 10.0. The summed E-state index contributed by atoms with van der Waals surface area (Å²) in [4.78, 5) is 15.7. The Kier molecular flexibility index (Phi) is 12.6. The molecule has 0 aromatic heterocycles. The first-order chi connectivity index (χ1) is 18.0. The van der Waals surface area contributed by atoms with Gasteiger partial charge in [0.15, 0.2) is 0 Å². The smallest absolute Gasteiger partial charge is 0.417 e. The number of carbonyl (C=O) groups is 1. The molecule has 9 heteroatoms. The molecule has 4 nitrogen and oxygen atoms in total. The summed E-state index contributed by atoms with van der Waals surface area (Å²) in [5.41, 5.74) is 1.66. The van der Waals surface area contributed by atoms with Gasteiger partial charge in [-0.25, -0.2) is 0 Å². The first kappa shape index (κ1) is 32.5. The summed E-state index contributed by atoms with van der Waals surface area (Å²) in [7, 11) is 3.44. The van der Waals surface area contributed by atoms with Crippen molar-refractivity contribution in [1.82, 2.24) is 9.80 Å². The highest BCUT2D eigenvalue weighted by atomic mass is 35.5. The van der Waals surface area contributed by atoms with Crippen molar-refractivity contribution in [2.75, 3.05) is 33.8 Å². The number of carbonyl (C=O) groups excluding carboxylic acids is 1. The SMILES string of the molecule is C[C@H](CN(CCCOc1cccc(CC(=O)N(C)C)c1)Cc1cccc(C(F)(F)F)c1Cl)c1ccccc1.Cl. The van der Waals surface area contributed by atoms with Crippen molar-refractivity contribution in [1.29, 1.82) is 0 Å². The molecule has 3 aromatic carbocycles. The zero-order valence-electron chi connectivity index (χ0n) is 22.4. The van der Waals surface area contributed by atoms with E-state index in [4.69, 9.17) is 16.3 Å². The molecule has 3 aromatic rings. The zero-order valence-corrected chi connectivity index (χ0v) is 24.0. The molecule has 0 aliphatic carbocycles. The maximum atomic E-state index is 13.4. The summed E-state index contributed by atoms with van der Waals surface area (Å²) >= 11 is 6.20. The van der Waals surface area contributed by atoms with Crippen molar-refractivity contribution < 1.29 is 22.7 Å². The average Bonchev–Trinajstić information content (AvgIpc) is 2.87. The number of rotatable bonds is 12. The summed E-state index contributed by atoms with van der Waals surface area (Å²) in [6, 6.07) is 21.5. The maximum Gasteiger partial charge on any atom is 0.417 e. The molecule has 0 bridgehead atoms. The Hall–Kier alpha value is -2.74. The number of hydrogen-bond acceptors (Lipinski definition) is 3. The lowest BCUT2D eigenvalue weighted by molar-refractivity contribution is -0.137. The Morgan fingerprint density at radius 1 is 1.00 bits per heavy atom. The number of halogens is 5. The van der Waals surface area contributed by atoms with Crippen molar-refractivity contribution in [3.8, 4) is 5.75 Å². The van der Waals surface area contributed by atoms with E-state index in [0.29, 0.717) is 50.4 Å². The summed E-state index contributed by atoms with van der Waals surface area (Å²) in [5.74, 6) is 0.866. The first-order valence-corrected chi connectivity index (χ1v) is 13.0. The molecular formula is C30H35Cl2F3N2O2. The Morgan fingerprint density at radius 3 is 2.36 bits per heavy atom. The van der Waals surface area contributed by atoms with E-state index in [9.17, 15) is 18.0 Å². The largest absolute Gasteiger partial charge is 0.494 e. The van der Waals surface area contributed by atoms with Crippen molar-refractivity contribution in [2.45, 2.75) is 38.4 Å². The van der Waals surface area contributed by atoms with Gasteiger partial charge < -0.3 is 9.64 Å². The van der Waals surface area contributed by atoms with Crippen LogP contribution in [0.4, 0.5) is 13.2 Å². The van der Waals surface area contributed by atoms with Gasteiger partial charge in [0, 0.05) is 33.7 Å². The van der Waals surface area contributed by atoms with E-state index < -0.39 is 11.7 Å². The van der Waals surface area contributed by atoms with Crippen LogP contribution < -0.4 is 4.74 Å². The molecule has 0 saturated heterocycles. The standard InChI is InChI=1S/C30H34ClF3N2O2.ClH/c1-22(24-11-5-4-6-12-24)20-36(21-25-13-8-15-27(29(25)31)30(32,33)34)16-9-17-38-26-14-7-10-23(18-26)19-28(37)35(2)3;/h4-8,10-15,18,22H,9,16-17,19-21H2,1-3H3;1H/t22-;/m1./s1. The highest BCUT2D eigenvalue weighted by molar-refractivity contribution is 6.32. The van der Waals surface area contributed by atoms with Crippen LogP contribution in [0.15, 0.2) is 72.8 Å². The minimum Gasteiger partial charge on any atom is -0.494 e. The molecule has 1 atom stereocenters. The van der Waals surface area contributed by atoms with E-state index in [2.05, 4.69) is 24.0 Å². The Bertz CT molecular complexity index is 1190. The van der Waals surface area contributed by atoms with Crippen LogP contribution in [0, 0.1) is 0 Å². The topological polar surface area (TPSA) is 32.8 Å². The fourth-order valence-corrected chi connectivity index (χ4v) is 4.52. The summed E-state index contributed by atoms with van der Waals surface area (Å²) < 4.78 is 46.2. The van der Waals surface area contributed by atoms with Crippen molar-refractivity contribution in [2.24, 2.45) is 0 Å². The lowest BCUT2D eigenvalue weighted by atomic mass is 10.00. The highest BCUT2D eigenvalue weighted by Gasteiger charge is 2.34. The van der Waals surface area contributed by atoms with E-state index in [1.165, 1.54) is 6.07 Å². The second kappa shape index (κ2) is 15.2. The van der Waals surface area contributed by atoms with Crippen LogP contribution >= 0.6 is 24.0 Å². The zero-order chi connectivity index (χ0) is 27.7. The molecule has 0 spiro atoms. The quantitative estimate of drug-likeness (QED) is 0.207. The van der Waals surface area contributed by atoms with E-state index in [0.717, 1.165) is 17.2 Å². The third-order valence-electron chi connectivity index (χ3n) is 6.32. The Balaban J connectivity index is 0.00000533. The monoisotopic (exact) mass is 582 g/mol. The van der Waals surface area contributed by atoms with Gasteiger partial charge in [0.05, 0.1) is 23.6 Å². The number of benzene rings is 3. The van der Waals surface area contributed by atoms with Crippen LogP contribution in [-0.2, 0) is 23.9 Å². The first-order valence-electron chi connectivity index (χ1n) is 12.6. The molecule has 0 saturated carbocycles. The lowest BCUT2D eigenvalue weighted by Gasteiger charge is -2.27. The normalized spacial score (nSPS) is 12.1. The van der Waals surface area contributed by atoms with Gasteiger partial charge in [0.1, 0.15) is 5.75 Å². The number of ether oxygens (including phenoxy) is 1. The lowest BCUT2D eigenvalue weighted by Crippen LogP contribution is -2.30. The molecule has 0 unspecified atom stereocenters. The molecule has 0 aliphatic heterocycles. The molecule has 1 amide bonds. The van der Waals surface area contributed by atoms with Crippen LogP contribution in [0.3, 0.4) is 0 Å². The van der Waals surface area contributed by atoms with Crippen LogP contribution in [0.5, 0.6) is 5.75 Å². The van der Waals surface area contributed by atoms with Crippen molar-refractivity contribution >= 4 is 29.9 Å². The number of likely N-dealkylation sites (N-methyl/N-ethyl adjacent to an activating group) is 1. The molecule has 39 heavy (non-hydrogen) atoms. The van der Waals surface area contributed by atoms with E-state index >= 15 is 0 Å². The minimum absolute atomic E-state index is 0. The fourth-order valence-electron chi connectivity index (χ4n) is 4.23. The van der Waals surface area contributed by atoms with Gasteiger partial charge in [-0.15, -0.1) is 12.4 Å². The van der Waals surface area contributed by atoms with Crippen LogP contribution in [0.25, 0.3) is 0 Å². The van der Waals surface area contributed by atoms with E-state index in [1.807, 2.05) is 42.5 Å². The highest BCUT2D eigenvalue weighted by Crippen LogP contribution is 2.36. The van der Waals surface area contributed by atoms with Crippen molar-refractivity contribution in [3.05, 3.63) is 100 Å². The molecule has 3 rings (SSSR count). The molecule has 0 aliphatic rings. The number of alkyl halides is 3. The molecule has 0 N–H and O–H groups in total. The van der Waals surface area contributed by atoms with Crippen LogP contribution in [-0.4, -0.2) is 49.5 Å². The van der Waals surface area contributed by atoms with Gasteiger partial charge in [0.2, 0.25) is 5.91 Å². The number of nitrogens with zero attached hydrogens (tertiary/aromatic N) is 2. The van der Waals surface area contributed by atoms with Gasteiger partial charge in [-0.2, -0.15) is 13.2 Å². The number of amides is 1. The minimum atomic E-state index is -4.51. The van der Waals surface area contributed by atoms with Crippen LogP contribution in [0.2, 0.25) is 5.02 Å². The molecular weight excluding hydrogens is 548 g/mol. The summed E-state index contributed by atoms with van der Waals surface area (Å²) in [5, 5.41) is -0.252. The molecule has 212 valence electrons. The van der Waals surface area contributed by atoms with Gasteiger partial charge in [-0.1, -0.05) is 73.1 Å².